The highest BCUT2D eigenvalue weighted by atomic mass is 35.5. The normalized spacial score (nSPS) is 11.5. The van der Waals surface area contributed by atoms with Crippen molar-refractivity contribution >= 4 is 18.3 Å². The molecule has 3 rings (SSSR count). The van der Waals surface area contributed by atoms with Crippen LogP contribution in [0.5, 0.6) is 11.5 Å². The number of rotatable bonds is 9. The summed E-state index contributed by atoms with van der Waals surface area (Å²) in [6.45, 7) is 0.377. The highest BCUT2D eigenvalue weighted by molar-refractivity contribution is 5.90. The summed E-state index contributed by atoms with van der Waals surface area (Å²) >= 11 is 0. The molecule has 7 heteroatoms. The molecular formula is C21H24ClN3O3. The molecule has 1 atom stereocenters. The summed E-state index contributed by atoms with van der Waals surface area (Å²) in [5, 5.41) is 10.2. The number of carbonyl (C=O) groups is 1. The van der Waals surface area contributed by atoms with Gasteiger partial charge in [0.05, 0.1) is 12.4 Å². The lowest BCUT2D eigenvalue weighted by Gasteiger charge is -2.13. The van der Waals surface area contributed by atoms with Crippen LogP contribution in [0.2, 0.25) is 0 Å². The number of nitrogens with two attached hydrogens (primary N) is 1. The Morgan fingerprint density at radius 3 is 2.57 bits per heavy atom. The molecule has 0 aliphatic heterocycles. The van der Waals surface area contributed by atoms with Gasteiger partial charge in [-0.2, -0.15) is 0 Å². The van der Waals surface area contributed by atoms with E-state index in [0.29, 0.717) is 13.0 Å². The lowest BCUT2D eigenvalue weighted by Crippen LogP contribution is -2.15. The Morgan fingerprint density at radius 1 is 1.14 bits per heavy atom. The molecule has 0 saturated carbocycles. The molecule has 1 amide bonds. The molecule has 0 aliphatic carbocycles. The average Bonchev–Trinajstić information content (AvgIpc) is 3.13. The zero-order valence-corrected chi connectivity index (χ0v) is 16.2. The first-order valence-electron chi connectivity index (χ1n) is 8.92. The molecule has 1 unspecified atom stereocenters. The van der Waals surface area contributed by atoms with Crippen molar-refractivity contribution < 1.29 is 14.6 Å². The molecule has 0 radical (unpaired) electrons. The predicted molar refractivity (Wildman–Crippen MR) is 110 cm³/mol. The van der Waals surface area contributed by atoms with Crippen LogP contribution in [0.1, 0.15) is 28.9 Å². The van der Waals surface area contributed by atoms with Crippen molar-refractivity contribution in [2.75, 3.05) is 0 Å². The van der Waals surface area contributed by atoms with E-state index in [2.05, 4.69) is 4.98 Å². The van der Waals surface area contributed by atoms with Crippen LogP contribution in [0.25, 0.3) is 0 Å². The number of aryl methyl sites for hydroxylation is 1. The Bertz CT molecular complexity index is 883. The summed E-state index contributed by atoms with van der Waals surface area (Å²) in [5.74, 6) is 1.06. The summed E-state index contributed by atoms with van der Waals surface area (Å²) in [6, 6.07) is 17.6. The Kier molecular flexibility index (Phi) is 8.04. The fourth-order valence-corrected chi connectivity index (χ4v) is 2.88. The van der Waals surface area contributed by atoms with Gasteiger partial charge in [0.25, 0.3) is 5.91 Å². The van der Waals surface area contributed by atoms with Gasteiger partial charge >= 0.3 is 0 Å². The van der Waals surface area contributed by atoms with Crippen LogP contribution in [-0.2, 0) is 13.0 Å². The van der Waals surface area contributed by atoms with Crippen molar-refractivity contribution in [1.82, 2.24) is 9.55 Å². The first-order valence-corrected chi connectivity index (χ1v) is 8.92. The molecule has 148 valence electrons. The van der Waals surface area contributed by atoms with Crippen molar-refractivity contribution in [2.24, 2.45) is 5.73 Å². The van der Waals surface area contributed by atoms with Gasteiger partial charge in [-0.25, -0.2) is 4.98 Å². The molecule has 1 aromatic heterocycles. The molecule has 0 spiro atoms. The van der Waals surface area contributed by atoms with Crippen LogP contribution in [0.4, 0.5) is 0 Å². The van der Waals surface area contributed by atoms with E-state index >= 15 is 0 Å². The van der Waals surface area contributed by atoms with E-state index in [1.165, 1.54) is 6.33 Å². The largest absolute Gasteiger partial charge is 0.457 e. The summed E-state index contributed by atoms with van der Waals surface area (Å²) in [6.07, 6.45) is 4.77. The van der Waals surface area contributed by atoms with Crippen LogP contribution < -0.4 is 10.5 Å². The van der Waals surface area contributed by atoms with E-state index in [-0.39, 0.29) is 18.1 Å². The third-order valence-electron chi connectivity index (χ3n) is 4.23. The fourth-order valence-electron chi connectivity index (χ4n) is 2.88. The number of halogens is 1. The van der Waals surface area contributed by atoms with Crippen molar-refractivity contribution in [1.29, 1.82) is 0 Å². The molecule has 0 fully saturated rings. The van der Waals surface area contributed by atoms with E-state index in [1.807, 2.05) is 54.6 Å². The van der Waals surface area contributed by atoms with Gasteiger partial charge < -0.3 is 20.1 Å². The second kappa shape index (κ2) is 10.5. The minimum Gasteiger partial charge on any atom is -0.457 e. The molecule has 0 aliphatic rings. The number of ether oxygens (including phenoxy) is 1. The number of amides is 1. The molecule has 3 N–H and O–H groups in total. The summed E-state index contributed by atoms with van der Waals surface area (Å²) < 4.78 is 7.65. The third-order valence-corrected chi connectivity index (χ3v) is 4.23. The highest BCUT2D eigenvalue weighted by Crippen LogP contribution is 2.26. The molecular weight excluding hydrogens is 378 g/mol. The molecule has 0 saturated heterocycles. The quantitative estimate of drug-likeness (QED) is 0.573. The molecule has 1 heterocycles. The molecule has 0 bridgehead atoms. The Labute approximate surface area is 170 Å². The second-order valence-corrected chi connectivity index (χ2v) is 6.39. The number of para-hydroxylation sites is 2. The van der Waals surface area contributed by atoms with Crippen molar-refractivity contribution in [2.45, 2.75) is 31.9 Å². The van der Waals surface area contributed by atoms with E-state index in [4.69, 9.17) is 10.5 Å². The molecule has 3 aromatic rings. The summed E-state index contributed by atoms with van der Waals surface area (Å²) in [4.78, 5) is 15.0. The maximum absolute atomic E-state index is 11.1. The van der Waals surface area contributed by atoms with Gasteiger partial charge in [0.15, 0.2) is 0 Å². The van der Waals surface area contributed by atoms with Crippen LogP contribution in [0.3, 0.4) is 0 Å². The standard InChI is InChI=1S/C21H23N3O3.ClH/c22-21(26)19-14-24(15-23-19)13-17(25)9-6-8-16-7-4-5-12-20(16)27-18-10-2-1-3-11-18;/h1-5,7,10-12,14-15,17,25H,6,8-9,13H2,(H2,22,26);1H. The van der Waals surface area contributed by atoms with E-state index in [1.54, 1.807) is 10.8 Å². The summed E-state index contributed by atoms with van der Waals surface area (Å²) in [5.41, 5.74) is 6.49. The van der Waals surface area contributed by atoms with Gasteiger partial charge in [-0.05, 0) is 43.0 Å². The zero-order valence-electron chi connectivity index (χ0n) is 15.4. The van der Waals surface area contributed by atoms with Gasteiger partial charge in [0, 0.05) is 12.7 Å². The van der Waals surface area contributed by atoms with Crippen molar-refractivity contribution in [3.8, 4) is 11.5 Å². The number of aliphatic hydroxyl groups excluding tert-OH is 1. The second-order valence-electron chi connectivity index (χ2n) is 6.39. The number of nitrogens with zero attached hydrogens (tertiary/aromatic N) is 2. The van der Waals surface area contributed by atoms with Gasteiger partial charge in [0.1, 0.15) is 17.2 Å². The molecule has 2 aromatic carbocycles. The van der Waals surface area contributed by atoms with Crippen molar-refractivity contribution in [3.05, 3.63) is 78.4 Å². The first-order chi connectivity index (χ1) is 13.1. The highest BCUT2D eigenvalue weighted by Gasteiger charge is 2.10. The lowest BCUT2D eigenvalue weighted by molar-refractivity contribution is 0.0995. The molecule has 6 nitrogen and oxygen atoms in total. The Morgan fingerprint density at radius 2 is 1.86 bits per heavy atom. The van der Waals surface area contributed by atoms with E-state index in [9.17, 15) is 9.90 Å². The van der Waals surface area contributed by atoms with Crippen LogP contribution in [-0.4, -0.2) is 26.7 Å². The van der Waals surface area contributed by atoms with Crippen molar-refractivity contribution in [3.63, 3.8) is 0 Å². The topological polar surface area (TPSA) is 90.4 Å². The lowest BCUT2D eigenvalue weighted by atomic mass is 10.0. The van der Waals surface area contributed by atoms with E-state index < -0.39 is 12.0 Å². The number of carbonyl (C=O) groups excluding carboxylic acids is 1. The van der Waals surface area contributed by atoms with Crippen LogP contribution in [0.15, 0.2) is 67.1 Å². The average molecular weight is 402 g/mol. The van der Waals surface area contributed by atoms with Gasteiger partial charge in [0.2, 0.25) is 0 Å². The number of primary amides is 1. The van der Waals surface area contributed by atoms with Crippen LogP contribution in [0, 0.1) is 0 Å². The van der Waals surface area contributed by atoms with E-state index in [0.717, 1.165) is 29.9 Å². The van der Waals surface area contributed by atoms with Gasteiger partial charge in [-0.15, -0.1) is 12.4 Å². The SMILES string of the molecule is Cl.NC(=O)c1cn(CC(O)CCCc2ccccc2Oc2ccccc2)cn1. The van der Waals surface area contributed by atoms with Gasteiger partial charge in [-0.3, -0.25) is 4.79 Å². The van der Waals surface area contributed by atoms with Crippen LogP contribution >= 0.6 is 12.4 Å². The predicted octanol–water partition coefficient (Wildman–Crippen LogP) is 3.58. The monoisotopic (exact) mass is 401 g/mol. The number of benzene rings is 2. The minimum atomic E-state index is -0.571. The number of aliphatic hydroxyl groups is 1. The number of imidazole rings is 1. The number of hydrogen-bond donors (Lipinski definition) is 2. The zero-order chi connectivity index (χ0) is 19.1. The van der Waals surface area contributed by atoms with Gasteiger partial charge in [-0.1, -0.05) is 36.4 Å². The smallest absolute Gasteiger partial charge is 0.268 e. The molecule has 28 heavy (non-hydrogen) atoms. The Balaban J connectivity index is 0.00000280. The third kappa shape index (κ3) is 6.11. The summed E-state index contributed by atoms with van der Waals surface area (Å²) in [7, 11) is 0. The first kappa shape index (κ1) is 21.5. The maximum Gasteiger partial charge on any atom is 0.268 e. The fraction of sp³-hybridized carbons (Fsp3) is 0.238. The maximum atomic E-state index is 11.1. The number of aromatic nitrogens is 2. The minimum absolute atomic E-state index is 0. The Hall–Kier alpha value is -2.83. The number of hydrogen-bond acceptors (Lipinski definition) is 4.